The van der Waals surface area contributed by atoms with E-state index in [0.717, 1.165) is 11.1 Å². The van der Waals surface area contributed by atoms with Crippen LogP contribution in [0.1, 0.15) is 31.1 Å². The molecule has 19 heavy (non-hydrogen) atoms. The minimum absolute atomic E-state index is 0.209. The van der Waals surface area contributed by atoms with Gasteiger partial charge in [0.05, 0.1) is 16.1 Å². The van der Waals surface area contributed by atoms with Gasteiger partial charge in [-0.25, -0.2) is 0 Å². The van der Waals surface area contributed by atoms with Crippen molar-refractivity contribution in [3.8, 4) is 0 Å². The molecule has 0 aliphatic heterocycles. The molecular formula is C15H17Cl2NO. The number of aliphatic hydroxyl groups is 1. The molecule has 1 heterocycles. The number of rotatable bonds is 4. The van der Waals surface area contributed by atoms with E-state index < -0.39 is 6.10 Å². The summed E-state index contributed by atoms with van der Waals surface area (Å²) in [7, 11) is 0. The molecule has 1 aromatic heterocycles. The maximum absolute atomic E-state index is 10.0. The molecule has 102 valence electrons. The molecule has 1 unspecified atom stereocenters. The Bertz CT molecular complexity index is 563. The van der Waals surface area contributed by atoms with Crippen LogP contribution in [0.15, 0.2) is 36.7 Å². The molecule has 2 nitrogen and oxygen atoms in total. The standard InChI is InChI=1S/C15H17Cl2NO/c1-10(2)15(19)12-5-6-18(9-12)8-11-3-4-13(16)14(17)7-11/h3-7,9-10,15,19H,8H2,1-2H3. The molecule has 0 saturated heterocycles. The summed E-state index contributed by atoms with van der Waals surface area (Å²) in [5.74, 6) is 0.209. The molecule has 0 aliphatic rings. The van der Waals surface area contributed by atoms with Crippen molar-refractivity contribution in [1.82, 2.24) is 4.57 Å². The Kier molecular flexibility index (Phi) is 4.56. The normalized spacial score (nSPS) is 12.9. The predicted octanol–water partition coefficient (Wildman–Crippen LogP) is 4.53. The monoisotopic (exact) mass is 297 g/mol. The Labute approximate surface area is 123 Å². The van der Waals surface area contributed by atoms with E-state index in [2.05, 4.69) is 0 Å². The Balaban J connectivity index is 2.13. The summed E-state index contributed by atoms with van der Waals surface area (Å²) < 4.78 is 2.03. The lowest BCUT2D eigenvalue weighted by Gasteiger charge is -2.12. The number of hydrogen-bond acceptors (Lipinski definition) is 1. The maximum atomic E-state index is 10.0. The summed E-state index contributed by atoms with van der Waals surface area (Å²) in [6.07, 6.45) is 3.51. The van der Waals surface area contributed by atoms with Crippen LogP contribution in [-0.4, -0.2) is 9.67 Å². The summed E-state index contributed by atoms with van der Waals surface area (Å²) in [5, 5.41) is 11.1. The highest BCUT2D eigenvalue weighted by Gasteiger charge is 2.13. The van der Waals surface area contributed by atoms with Crippen LogP contribution in [-0.2, 0) is 6.54 Å². The molecule has 2 rings (SSSR count). The first-order valence-electron chi connectivity index (χ1n) is 6.25. The van der Waals surface area contributed by atoms with Crippen LogP contribution in [0.4, 0.5) is 0 Å². The van der Waals surface area contributed by atoms with Gasteiger partial charge in [-0.3, -0.25) is 0 Å². The first-order valence-corrected chi connectivity index (χ1v) is 7.00. The number of aromatic nitrogens is 1. The van der Waals surface area contributed by atoms with E-state index in [1.54, 1.807) is 6.07 Å². The fourth-order valence-electron chi connectivity index (χ4n) is 1.97. The molecule has 0 bridgehead atoms. The van der Waals surface area contributed by atoms with E-state index in [9.17, 15) is 5.11 Å². The molecule has 1 atom stereocenters. The number of halogens is 2. The van der Waals surface area contributed by atoms with Crippen molar-refractivity contribution < 1.29 is 5.11 Å². The number of aliphatic hydroxyl groups excluding tert-OH is 1. The van der Waals surface area contributed by atoms with Crippen LogP contribution in [0, 0.1) is 5.92 Å². The third kappa shape index (κ3) is 3.53. The van der Waals surface area contributed by atoms with Gasteiger partial charge in [-0.05, 0) is 35.2 Å². The van der Waals surface area contributed by atoms with E-state index in [1.807, 2.05) is 49.0 Å². The average Bonchev–Trinajstić information content (AvgIpc) is 2.81. The topological polar surface area (TPSA) is 25.2 Å². The first-order chi connectivity index (χ1) is 8.97. The fraction of sp³-hybridized carbons (Fsp3) is 0.333. The largest absolute Gasteiger partial charge is 0.388 e. The average molecular weight is 298 g/mol. The van der Waals surface area contributed by atoms with Crippen molar-refractivity contribution in [1.29, 1.82) is 0 Å². The summed E-state index contributed by atoms with van der Waals surface area (Å²) in [6.45, 7) is 4.71. The minimum atomic E-state index is -0.421. The lowest BCUT2D eigenvalue weighted by Crippen LogP contribution is -2.04. The SMILES string of the molecule is CC(C)C(O)c1ccn(Cc2ccc(Cl)c(Cl)c2)c1. The van der Waals surface area contributed by atoms with Gasteiger partial charge >= 0.3 is 0 Å². The number of hydrogen-bond donors (Lipinski definition) is 1. The van der Waals surface area contributed by atoms with Crippen LogP contribution in [0.25, 0.3) is 0 Å². The molecule has 0 radical (unpaired) electrons. The van der Waals surface area contributed by atoms with Crippen LogP contribution in [0.3, 0.4) is 0 Å². The Morgan fingerprint density at radius 3 is 2.53 bits per heavy atom. The second-order valence-corrected chi connectivity index (χ2v) is 5.87. The smallest absolute Gasteiger partial charge is 0.0827 e. The van der Waals surface area contributed by atoms with Crippen LogP contribution in [0.2, 0.25) is 10.0 Å². The van der Waals surface area contributed by atoms with Crippen LogP contribution < -0.4 is 0 Å². The van der Waals surface area contributed by atoms with Gasteiger partial charge < -0.3 is 9.67 Å². The quantitative estimate of drug-likeness (QED) is 0.881. The fourth-order valence-corrected chi connectivity index (χ4v) is 2.29. The molecule has 2 aromatic rings. The summed E-state index contributed by atoms with van der Waals surface area (Å²) in [6, 6.07) is 7.56. The van der Waals surface area contributed by atoms with E-state index in [1.165, 1.54) is 0 Å². The number of benzene rings is 1. The molecule has 0 spiro atoms. The van der Waals surface area contributed by atoms with E-state index in [4.69, 9.17) is 23.2 Å². The van der Waals surface area contributed by atoms with E-state index in [0.29, 0.717) is 16.6 Å². The highest BCUT2D eigenvalue weighted by molar-refractivity contribution is 6.42. The van der Waals surface area contributed by atoms with Gasteiger partial charge in [0.1, 0.15) is 0 Å². The maximum Gasteiger partial charge on any atom is 0.0827 e. The number of nitrogens with zero attached hydrogens (tertiary/aromatic N) is 1. The van der Waals surface area contributed by atoms with Crippen molar-refractivity contribution in [2.75, 3.05) is 0 Å². The van der Waals surface area contributed by atoms with Gasteiger partial charge in [-0.1, -0.05) is 43.1 Å². The van der Waals surface area contributed by atoms with Crippen molar-refractivity contribution in [2.45, 2.75) is 26.5 Å². The highest BCUT2D eigenvalue weighted by atomic mass is 35.5. The summed E-state index contributed by atoms with van der Waals surface area (Å²) in [4.78, 5) is 0. The zero-order valence-corrected chi connectivity index (χ0v) is 12.5. The third-order valence-electron chi connectivity index (χ3n) is 3.10. The Morgan fingerprint density at radius 1 is 1.16 bits per heavy atom. The second-order valence-electron chi connectivity index (χ2n) is 5.05. The van der Waals surface area contributed by atoms with Gasteiger partial charge in [0.15, 0.2) is 0 Å². The third-order valence-corrected chi connectivity index (χ3v) is 3.83. The molecule has 1 aromatic carbocycles. The van der Waals surface area contributed by atoms with Crippen LogP contribution >= 0.6 is 23.2 Å². The van der Waals surface area contributed by atoms with Gasteiger partial charge in [0.2, 0.25) is 0 Å². The highest BCUT2D eigenvalue weighted by Crippen LogP contribution is 2.24. The van der Waals surface area contributed by atoms with Gasteiger partial charge in [0, 0.05) is 18.9 Å². The lowest BCUT2D eigenvalue weighted by molar-refractivity contribution is 0.127. The van der Waals surface area contributed by atoms with Crippen molar-refractivity contribution in [2.24, 2.45) is 5.92 Å². The first kappa shape index (κ1) is 14.4. The van der Waals surface area contributed by atoms with Crippen LogP contribution in [0.5, 0.6) is 0 Å². The van der Waals surface area contributed by atoms with Gasteiger partial charge in [0.25, 0.3) is 0 Å². The summed E-state index contributed by atoms with van der Waals surface area (Å²) in [5.41, 5.74) is 2.02. The zero-order valence-electron chi connectivity index (χ0n) is 11.0. The lowest BCUT2D eigenvalue weighted by atomic mass is 10.0. The van der Waals surface area contributed by atoms with Gasteiger partial charge in [-0.2, -0.15) is 0 Å². The molecule has 0 fully saturated rings. The molecule has 1 N–H and O–H groups in total. The van der Waals surface area contributed by atoms with Crippen molar-refractivity contribution in [3.63, 3.8) is 0 Å². The summed E-state index contributed by atoms with van der Waals surface area (Å²) >= 11 is 11.9. The second kappa shape index (κ2) is 6.00. The predicted molar refractivity (Wildman–Crippen MR) is 79.8 cm³/mol. The zero-order chi connectivity index (χ0) is 14.0. The minimum Gasteiger partial charge on any atom is -0.388 e. The van der Waals surface area contributed by atoms with Crippen molar-refractivity contribution >= 4 is 23.2 Å². The molecule has 4 heteroatoms. The molecule has 0 aliphatic carbocycles. The van der Waals surface area contributed by atoms with E-state index >= 15 is 0 Å². The Morgan fingerprint density at radius 2 is 1.89 bits per heavy atom. The Hall–Kier alpha value is -0.960. The van der Waals surface area contributed by atoms with E-state index in [-0.39, 0.29) is 5.92 Å². The van der Waals surface area contributed by atoms with Gasteiger partial charge in [-0.15, -0.1) is 0 Å². The van der Waals surface area contributed by atoms with Crippen molar-refractivity contribution in [3.05, 3.63) is 57.8 Å². The molecular weight excluding hydrogens is 281 g/mol. The molecule has 0 saturated carbocycles. The molecule has 0 amide bonds.